The fourth-order valence-electron chi connectivity index (χ4n) is 10.9. The van der Waals surface area contributed by atoms with Gasteiger partial charge < -0.3 is 4.42 Å². The zero-order chi connectivity index (χ0) is 46.4. The molecule has 10 aromatic carbocycles. The first-order valence-corrected chi connectivity index (χ1v) is 23.6. The minimum Gasteiger partial charge on any atom is -0.456 e. The lowest BCUT2D eigenvalue weighted by Crippen LogP contribution is -2.14. The van der Waals surface area contributed by atoms with Gasteiger partial charge >= 0.3 is 0 Å². The van der Waals surface area contributed by atoms with Gasteiger partial charge in [0, 0.05) is 59.8 Å². The Morgan fingerprint density at radius 3 is 1.87 bits per heavy atom. The molecule has 324 valence electrons. The van der Waals surface area contributed by atoms with Crippen molar-refractivity contribution < 1.29 is 4.42 Å². The molecule has 14 rings (SSSR count). The zero-order valence-corrected chi connectivity index (χ0v) is 38.5. The van der Waals surface area contributed by atoms with Crippen LogP contribution in [0.1, 0.15) is 38.8 Å². The molecule has 3 aromatic heterocycles. The third kappa shape index (κ3) is 6.04. The van der Waals surface area contributed by atoms with E-state index in [9.17, 15) is 0 Å². The van der Waals surface area contributed by atoms with E-state index in [-0.39, 0.29) is 5.41 Å². The summed E-state index contributed by atoms with van der Waals surface area (Å²) in [4.78, 5) is 16.1. The summed E-state index contributed by atoms with van der Waals surface area (Å²) in [5, 5.41) is 8.11. The maximum Gasteiger partial charge on any atom is 0.238 e. The molecule has 0 radical (unpaired) electrons. The fraction of sp³-hybridized carbons (Fsp3) is 0.0781. The first kappa shape index (κ1) is 40.3. The van der Waals surface area contributed by atoms with E-state index in [0.29, 0.717) is 17.6 Å². The van der Waals surface area contributed by atoms with Crippen LogP contribution >= 0.6 is 0 Å². The molecule has 0 aliphatic heterocycles. The van der Waals surface area contributed by atoms with Crippen molar-refractivity contribution in [3.05, 3.63) is 217 Å². The van der Waals surface area contributed by atoms with E-state index in [1.54, 1.807) is 0 Å². The van der Waals surface area contributed by atoms with Gasteiger partial charge in [0.25, 0.3) is 0 Å². The third-order valence-corrected chi connectivity index (χ3v) is 14.0. The fourth-order valence-corrected chi connectivity index (χ4v) is 10.9. The molecular formula is C64H42N4O. The Balaban J connectivity index is 0.00000232. The van der Waals surface area contributed by atoms with Crippen LogP contribution in [-0.2, 0) is 5.41 Å². The summed E-state index contributed by atoms with van der Waals surface area (Å²) in [5.41, 5.74) is 14.9. The Labute approximate surface area is 400 Å². The summed E-state index contributed by atoms with van der Waals surface area (Å²) in [5.74, 6) is 1.60. The number of hydrogen-bond acceptors (Lipinski definition) is 4. The standard InChI is InChI=1S/C62H36N4O.C2H6/c1-62(2)51-30-12-10-26-49(51)55-41(27-16-31-52(55)62)38-19-14-20-39(35-38)42-28-15-29-50-56-47-24-8-6-21-43(47)44-22-7-9-25-48(44)58(56)66(57(42)50)61-64-59(37-17-4-3-5-18-37)63-60(65-61)40-33-34-46-45-23-11-13-32-53(45)67-54(46)36-40;1-2/h3-5,7,9-20,22-23,25-36H,1-2H3;1-2H3. The third-order valence-electron chi connectivity index (χ3n) is 14.0. The molecule has 0 amide bonds. The summed E-state index contributed by atoms with van der Waals surface area (Å²) in [6.07, 6.45) is 0. The molecule has 3 heterocycles. The summed E-state index contributed by atoms with van der Waals surface area (Å²) in [7, 11) is 0. The molecule has 5 nitrogen and oxygen atoms in total. The Kier molecular flexibility index (Phi) is 9.06. The molecule has 0 fully saturated rings. The molecule has 0 spiro atoms. The first-order valence-electron chi connectivity index (χ1n) is 23.6. The number of furan rings is 1. The number of rotatable bonds is 5. The van der Waals surface area contributed by atoms with E-state index in [0.717, 1.165) is 93.1 Å². The van der Waals surface area contributed by atoms with E-state index < -0.39 is 0 Å². The van der Waals surface area contributed by atoms with Crippen LogP contribution in [0.25, 0.3) is 127 Å². The van der Waals surface area contributed by atoms with Crippen LogP contribution in [0.2, 0.25) is 0 Å². The Bertz CT molecular complexity index is 4200. The van der Waals surface area contributed by atoms with Crippen LogP contribution in [-0.4, -0.2) is 19.5 Å². The number of aromatic nitrogens is 4. The van der Waals surface area contributed by atoms with Crippen molar-refractivity contribution in [2.75, 3.05) is 0 Å². The largest absolute Gasteiger partial charge is 0.456 e. The summed E-state index contributed by atoms with van der Waals surface area (Å²) >= 11 is 0. The van der Waals surface area contributed by atoms with E-state index in [4.69, 9.17) is 19.4 Å². The lowest BCUT2D eigenvalue weighted by atomic mass is 9.82. The van der Waals surface area contributed by atoms with Crippen molar-refractivity contribution in [1.82, 2.24) is 19.5 Å². The van der Waals surface area contributed by atoms with Gasteiger partial charge in [-0.3, -0.25) is 4.57 Å². The average Bonchev–Trinajstić information content (AvgIpc) is 4.05. The molecule has 0 bridgehead atoms. The molecule has 5 heteroatoms. The van der Waals surface area contributed by atoms with Gasteiger partial charge in [-0.2, -0.15) is 9.97 Å². The highest BCUT2D eigenvalue weighted by molar-refractivity contribution is 6.32. The molecule has 69 heavy (non-hydrogen) atoms. The molecule has 0 saturated carbocycles. The molecule has 1 aliphatic carbocycles. The van der Waals surface area contributed by atoms with Gasteiger partial charge in [-0.1, -0.05) is 198 Å². The number of para-hydroxylation sites is 2. The van der Waals surface area contributed by atoms with Gasteiger partial charge in [-0.25, -0.2) is 4.98 Å². The number of hydrogen-bond donors (Lipinski definition) is 0. The second-order valence-corrected chi connectivity index (χ2v) is 18.0. The SMILES string of the molecule is CC.CC1(C)c2ccccc2-c2c(-c3cccc(-c4cccc5c6c7c#cc#cc7c7ccccc7c6n(-c6nc(-c7ccccc7)nc(-c7ccc8c(c7)oc7ccccc78)n6)c45)c3)cccc21. The van der Waals surface area contributed by atoms with Gasteiger partial charge in [0.2, 0.25) is 5.95 Å². The van der Waals surface area contributed by atoms with E-state index in [2.05, 4.69) is 170 Å². The monoisotopic (exact) mass is 882 g/mol. The van der Waals surface area contributed by atoms with Crippen LogP contribution in [0, 0.1) is 24.3 Å². The van der Waals surface area contributed by atoms with Crippen molar-refractivity contribution in [2.45, 2.75) is 33.1 Å². The van der Waals surface area contributed by atoms with Crippen LogP contribution in [0.3, 0.4) is 0 Å². The first-order chi connectivity index (χ1) is 34.0. The van der Waals surface area contributed by atoms with Crippen LogP contribution < -0.4 is 0 Å². The normalized spacial score (nSPS) is 12.5. The molecule has 0 saturated heterocycles. The molecule has 1 aliphatic rings. The minimum atomic E-state index is -0.110. The molecule has 0 N–H and O–H groups in total. The number of fused-ring (bicyclic) bond motifs is 14. The van der Waals surface area contributed by atoms with Crippen molar-refractivity contribution in [3.63, 3.8) is 0 Å². The summed E-state index contributed by atoms with van der Waals surface area (Å²) in [6.45, 7) is 8.67. The summed E-state index contributed by atoms with van der Waals surface area (Å²) in [6, 6.07) is 77.4. The minimum absolute atomic E-state index is 0.110. The van der Waals surface area contributed by atoms with Crippen molar-refractivity contribution >= 4 is 65.3 Å². The van der Waals surface area contributed by atoms with E-state index in [1.807, 2.05) is 68.4 Å². The van der Waals surface area contributed by atoms with Gasteiger partial charge in [-0.05, 0) is 75.3 Å². The predicted octanol–water partition coefficient (Wildman–Crippen LogP) is 16.4. The molecule has 0 atom stereocenters. The Morgan fingerprint density at radius 1 is 0.435 bits per heavy atom. The highest BCUT2D eigenvalue weighted by atomic mass is 16.3. The van der Waals surface area contributed by atoms with Crippen LogP contribution in [0.5, 0.6) is 0 Å². The van der Waals surface area contributed by atoms with Gasteiger partial charge in [0.15, 0.2) is 11.6 Å². The maximum atomic E-state index is 6.41. The topological polar surface area (TPSA) is 56.7 Å². The second-order valence-electron chi connectivity index (χ2n) is 18.0. The highest BCUT2D eigenvalue weighted by Crippen LogP contribution is 2.52. The average molecular weight is 883 g/mol. The lowest BCUT2D eigenvalue weighted by molar-refractivity contribution is 0.660. The van der Waals surface area contributed by atoms with Gasteiger partial charge in [0.05, 0.1) is 16.4 Å². The second kappa shape index (κ2) is 15.5. The van der Waals surface area contributed by atoms with Crippen LogP contribution in [0.4, 0.5) is 0 Å². The Hall–Kier alpha value is -9.03. The highest BCUT2D eigenvalue weighted by Gasteiger charge is 2.36. The Morgan fingerprint density at radius 2 is 1.03 bits per heavy atom. The van der Waals surface area contributed by atoms with E-state index in [1.165, 1.54) is 27.8 Å². The number of nitrogens with zero attached hydrogens (tertiary/aromatic N) is 4. The predicted molar refractivity (Wildman–Crippen MR) is 282 cm³/mol. The molecule has 13 aromatic rings. The number of benzene rings is 9. The van der Waals surface area contributed by atoms with E-state index >= 15 is 0 Å². The lowest BCUT2D eigenvalue weighted by Gasteiger charge is -2.21. The smallest absolute Gasteiger partial charge is 0.238 e. The van der Waals surface area contributed by atoms with Crippen molar-refractivity contribution in [1.29, 1.82) is 0 Å². The van der Waals surface area contributed by atoms with Crippen molar-refractivity contribution in [3.8, 4) is 62.1 Å². The maximum absolute atomic E-state index is 6.41. The zero-order valence-electron chi connectivity index (χ0n) is 38.5. The van der Waals surface area contributed by atoms with Gasteiger partial charge in [0.1, 0.15) is 11.2 Å². The van der Waals surface area contributed by atoms with Crippen LogP contribution in [0.15, 0.2) is 186 Å². The quantitative estimate of drug-likeness (QED) is 0.173. The summed E-state index contributed by atoms with van der Waals surface area (Å²) < 4.78 is 8.67. The van der Waals surface area contributed by atoms with Crippen molar-refractivity contribution in [2.24, 2.45) is 0 Å². The molecular weight excluding hydrogens is 841 g/mol. The molecule has 0 unspecified atom stereocenters. The van der Waals surface area contributed by atoms with Gasteiger partial charge in [-0.15, -0.1) is 0 Å².